The molecule has 1 aliphatic carbocycles. The summed E-state index contributed by atoms with van der Waals surface area (Å²) in [6, 6.07) is 10.7. The van der Waals surface area contributed by atoms with Gasteiger partial charge in [-0.15, -0.1) is 0 Å². The number of ether oxygens (including phenoxy) is 3. The number of rotatable bonds is 8. The van der Waals surface area contributed by atoms with Gasteiger partial charge in [0.15, 0.2) is 6.29 Å². The van der Waals surface area contributed by atoms with Crippen LogP contribution in [0.4, 0.5) is 0 Å². The van der Waals surface area contributed by atoms with Crippen molar-refractivity contribution in [3.63, 3.8) is 0 Å². The van der Waals surface area contributed by atoms with Gasteiger partial charge in [0.05, 0.1) is 6.10 Å². The Morgan fingerprint density at radius 2 is 1.55 bits per heavy atom. The standard InChI is InChI=1S/C19H30O3/c1-20-18(21-2)14-17(15-10-6-4-7-11-15)19(22-3)16-12-8-5-9-13-16/h4,6-7,10-11,16-19H,5,8-9,12-14H2,1-3H3. The summed E-state index contributed by atoms with van der Waals surface area (Å²) in [5, 5.41) is 0. The van der Waals surface area contributed by atoms with Crippen molar-refractivity contribution in [1.82, 2.24) is 0 Å². The highest BCUT2D eigenvalue weighted by atomic mass is 16.7. The monoisotopic (exact) mass is 306 g/mol. The highest BCUT2D eigenvalue weighted by Crippen LogP contribution is 2.37. The zero-order valence-corrected chi connectivity index (χ0v) is 14.2. The van der Waals surface area contributed by atoms with Crippen LogP contribution in [-0.4, -0.2) is 33.7 Å². The second kappa shape index (κ2) is 9.29. The van der Waals surface area contributed by atoms with E-state index in [1.54, 1.807) is 14.2 Å². The highest BCUT2D eigenvalue weighted by Gasteiger charge is 2.33. The summed E-state index contributed by atoms with van der Waals surface area (Å²) in [6.45, 7) is 0. The molecule has 1 aliphatic rings. The Morgan fingerprint density at radius 3 is 2.09 bits per heavy atom. The van der Waals surface area contributed by atoms with Crippen LogP contribution in [0.3, 0.4) is 0 Å². The van der Waals surface area contributed by atoms with Crippen LogP contribution in [-0.2, 0) is 14.2 Å². The van der Waals surface area contributed by atoms with Gasteiger partial charge in [-0.25, -0.2) is 0 Å². The van der Waals surface area contributed by atoms with Crippen LogP contribution in [0.2, 0.25) is 0 Å². The molecule has 0 heterocycles. The Hall–Kier alpha value is -0.900. The molecule has 1 fully saturated rings. The van der Waals surface area contributed by atoms with E-state index in [1.807, 2.05) is 7.11 Å². The van der Waals surface area contributed by atoms with Crippen molar-refractivity contribution >= 4 is 0 Å². The smallest absolute Gasteiger partial charge is 0.157 e. The molecule has 0 radical (unpaired) electrons. The molecule has 0 aromatic heterocycles. The van der Waals surface area contributed by atoms with Crippen LogP contribution in [0, 0.1) is 5.92 Å². The third-order valence-corrected chi connectivity index (χ3v) is 4.98. The summed E-state index contributed by atoms with van der Waals surface area (Å²) < 4.78 is 16.9. The van der Waals surface area contributed by atoms with E-state index in [1.165, 1.54) is 37.7 Å². The number of benzene rings is 1. The molecule has 2 rings (SSSR count). The Morgan fingerprint density at radius 1 is 0.909 bits per heavy atom. The fourth-order valence-electron chi connectivity index (χ4n) is 3.80. The predicted molar refractivity (Wildman–Crippen MR) is 89.0 cm³/mol. The van der Waals surface area contributed by atoms with E-state index in [0.717, 1.165) is 6.42 Å². The van der Waals surface area contributed by atoms with Gasteiger partial charge < -0.3 is 14.2 Å². The van der Waals surface area contributed by atoms with Gasteiger partial charge in [-0.1, -0.05) is 49.6 Å². The molecule has 0 aliphatic heterocycles. The number of methoxy groups -OCH3 is 3. The van der Waals surface area contributed by atoms with E-state index in [4.69, 9.17) is 14.2 Å². The van der Waals surface area contributed by atoms with Crippen LogP contribution in [0.5, 0.6) is 0 Å². The molecule has 0 saturated heterocycles. The van der Waals surface area contributed by atoms with Gasteiger partial charge in [-0.3, -0.25) is 0 Å². The molecule has 2 unspecified atom stereocenters. The molecule has 3 heteroatoms. The molecule has 2 atom stereocenters. The largest absolute Gasteiger partial charge is 0.381 e. The summed E-state index contributed by atoms with van der Waals surface area (Å²) in [5.74, 6) is 0.942. The topological polar surface area (TPSA) is 27.7 Å². The first-order valence-electron chi connectivity index (χ1n) is 8.43. The average Bonchev–Trinajstić information content (AvgIpc) is 2.60. The zero-order chi connectivity index (χ0) is 15.8. The van der Waals surface area contributed by atoms with Crippen molar-refractivity contribution in [3.8, 4) is 0 Å². The van der Waals surface area contributed by atoms with Crippen molar-refractivity contribution < 1.29 is 14.2 Å². The molecule has 3 nitrogen and oxygen atoms in total. The summed E-state index contributed by atoms with van der Waals surface area (Å²) in [7, 11) is 5.26. The molecule has 1 saturated carbocycles. The summed E-state index contributed by atoms with van der Waals surface area (Å²) in [4.78, 5) is 0. The molecule has 1 aromatic rings. The van der Waals surface area contributed by atoms with E-state index in [9.17, 15) is 0 Å². The minimum atomic E-state index is -0.188. The van der Waals surface area contributed by atoms with E-state index >= 15 is 0 Å². The zero-order valence-electron chi connectivity index (χ0n) is 14.2. The fraction of sp³-hybridized carbons (Fsp3) is 0.684. The molecular formula is C19H30O3. The van der Waals surface area contributed by atoms with E-state index in [-0.39, 0.29) is 12.4 Å². The van der Waals surface area contributed by atoms with Crippen molar-refractivity contribution in [2.24, 2.45) is 5.92 Å². The average molecular weight is 306 g/mol. The molecule has 0 spiro atoms. The van der Waals surface area contributed by atoms with Crippen molar-refractivity contribution in [2.75, 3.05) is 21.3 Å². The second-order valence-electron chi connectivity index (χ2n) is 6.25. The maximum atomic E-state index is 5.99. The molecule has 0 amide bonds. The maximum Gasteiger partial charge on any atom is 0.157 e. The van der Waals surface area contributed by atoms with E-state index in [2.05, 4.69) is 30.3 Å². The van der Waals surface area contributed by atoms with Crippen LogP contribution in [0.1, 0.15) is 50.0 Å². The lowest BCUT2D eigenvalue weighted by Gasteiger charge is -2.36. The van der Waals surface area contributed by atoms with Crippen LogP contribution >= 0.6 is 0 Å². The molecule has 1 aromatic carbocycles. The highest BCUT2D eigenvalue weighted by molar-refractivity contribution is 5.21. The lowest BCUT2D eigenvalue weighted by Crippen LogP contribution is -2.34. The van der Waals surface area contributed by atoms with E-state index in [0.29, 0.717) is 11.8 Å². The summed E-state index contributed by atoms with van der Waals surface area (Å²) >= 11 is 0. The Bertz CT molecular complexity index is 396. The normalized spacial score (nSPS) is 19.3. The maximum absolute atomic E-state index is 5.99. The Labute approximate surface area is 135 Å². The van der Waals surface area contributed by atoms with Gasteiger partial charge in [0.2, 0.25) is 0 Å². The van der Waals surface area contributed by atoms with Gasteiger partial charge in [0.1, 0.15) is 0 Å². The number of hydrogen-bond acceptors (Lipinski definition) is 3. The van der Waals surface area contributed by atoms with E-state index < -0.39 is 0 Å². The molecule has 0 N–H and O–H groups in total. The van der Waals surface area contributed by atoms with Crippen molar-refractivity contribution in [2.45, 2.75) is 56.8 Å². The van der Waals surface area contributed by atoms with Crippen LogP contribution < -0.4 is 0 Å². The lowest BCUT2D eigenvalue weighted by molar-refractivity contribution is -0.119. The fourth-order valence-corrected chi connectivity index (χ4v) is 3.80. The first kappa shape index (κ1) is 17.5. The molecule has 22 heavy (non-hydrogen) atoms. The molecular weight excluding hydrogens is 276 g/mol. The van der Waals surface area contributed by atoms with Gasteiger partial charge in [0, 0.05) is 33.7 Å². The summed E-state index contributed by atoms with van der Waals surface area (Å²) in [5.41, 5.74) is 1.32. The lowest BCUT2D eigenvalue weighted by atomic mass is 9.77. The second-order valence-corrected chi connectivity index (χ2v) is 6.25. The van der Waals surface area contributed by atoms with Gasteiger partial charge >= 0.3 is 0 Å². The van der Waals surface area contributed by atoms with Gasteiger partial charge in [-0.05, 0) is 24.3 Å². The van der Waals surface area contributed by atoms with Crippen LogP contribution in [0.25, 0.3) is 0 Å². The molecule has 0 bridgehead atoms. The number of hydrogen-bond donors (Lipinski definition) is 0. The predicted octanol–water partition coefficient (Wildman–Crippen LogP) is 4.37. The summed E-state index contributed by atoms with van der Waals surface area (Å²) in [6.07, 6.45) is 7.42. The SMILES string of the molecule is COC(CC(c1ccccc1)C(OC)C1CCCCC1)OC. The Balaban J connectivity index is 2.20. The van der Waals surface area contributed by atoms with Crippen molar-refractivity contribution in [1.29, 1.82) is 0 Å². The first-order valence-corrected chi connectivity index (χ1v) is 8.43. The third kappa shape index (κ3) is 4.55. The minimum absolute atomic E-state index is 0.188. The van der Waals surface area contributed by atoms with Gasteiger partial charge in [0.25, 0.3) is 0 Å². The minimum Gasteiger partial charge on any atom is -0.381 e. The molecule has 124 valence electrons. The third-order valence-electron chi connectivity index (χ3n) is 4.98. The van der Waals surface area contributed by atoms with Crippen molar-refractivity contribution in [3.05, 3.63) is 35.9 Å². The van der Waals surface area contributed by atoms with Gasteiger partial charge in [-0.2, -0.15) is 0 Å². The Kier molecular flexibility index (Phi) is 7.37. The quantitative estimate of drug-likeness (QED) is 0.667. The van der Waals surface area contributed by atoms with Crippen LogP contribution in [0.15, 0.2) is 30.3 Å². The first-order chi connectivity index (χ1) is 10.8.